The Morgan fingerprint density at radius 1 is 1.47 bits per heavy atom. The van der Waals surface area contributed by atoms with E-state index in [1.165, 1.54) is 0 Å². The lowest BCUT2D eigenvalue weighted by atomic mass is 10.2. The topological polar surface area (TPSA) is 63.2 Å². The van der Waals surface area contributed by atoms with Gasteiger partial charge in [-0.25, -0.2) is 4.79 Å². The zero-order chi connectivity index (χ0) is 14.3. The first-order valence-electron chi connectivity index (χ1n) is 6.20. The molecule has 5 heteroatoms. The van der Waals surface area contributed by atoms with Gasteiger partial charge in [-0.15, -0.1) is 0 Å². The number of nitrogens with zero attached hydrogens (tertiary/aromatic N) is 1. The second-order valence-electron chi connectivity index (χ2n) is 5.04. The minimum Gasteiger partial charge on any atom is -0.444 e. The molecule has 0 atom stereocenters. The van der Waals surface area contributed by atoms with E-state index in [-0.39, 0.29) is 0 Å². The standard InChI is InChI=1S/C14H21N3O2/c1-5-12(17-13(18)19-14(2,3)4)16-10-11-7-6-8-15-9-11/h5-9,16H,10H2,1-4H3,(H,17,18)/b12-5-. The average Bonchev–Trinajstić information content (AvgIpc) is 2.33. The zero-order valence-corrected chi connectivity index (χ0v) is 11.9. The molecule has 104 valence electrons. The largest absolute Gasteiger partial charge is 0.444 e. The van der Waals surface area contributed by atoms with Crippen LogP contribution in [0.4, 0.5) is 4.79 Å². The third kappa shape index (κ3) is 6.45. The molecule has 0 saturated carbocycles. The molecule has 1 rings (SSSR count). The highest BCUT2D eigenvalue weighted by Crippen LogP contribution is 2.07. The summed E-state index contributed by atoms with van der Waals surface area (Å²) in [4.78, 5) is 15.6. The van der Waals surface area contributed by atoms with E-state index in [9.17, 15) is 4.79 Å². The number of alkyl carbamates (subject to hydrolysis) is 1. The van der Waals surface area contributed by atoms with Gasteiger partial charge in [-0.2, -0.15) is 0 Å². The molecule has 19 heavy (non-hydrogen) atoms. The molecule has 0 aliphatic carbocycles. The van der Waals surface area contributed by atoms with E-state index in [1.54, 1.807) is 18.5 Å². The van der Waals surface area contributed by atoms with Gasteiger partial charge in [0.1, 0.15) is 11.4 Å². The Hall–Kier alpha value is -2.04. The van der Waals surface area contributed by atoms with E-state index in [4.69, 9.17) is 4.74 Å². The Morgan fingerprint density at radius 2 is 2.21 bits per heavy atom. The van der Waals surface area contributed by atoms with Gasteiger partial charge in [-0.05, 0) is 45.4 Å². The van der Waals surface area contributed by atoms with Gasteiger partial charge in [0.25, 0.3) is 0 Å². The van der Waals surface area contributed by atoms with E-state index >= 15 is 0 Å². The van der Waals surface area contributed by atoms with Gasteiger partial charge in [-0.1, -0.05) is 6.07 Å². The minimum atomic E-state index is -0.508. The second kappa shape index (κ2) is 6.78. The number of hydrogen-bond acceptors (Lipinski definition) is 4. The van der Waals surface area contributed by atoms with Gasteiger partial charge in [-0.3, -0.25) is 10.3 Å². The number of ether oxygens (including phenoxy) is 1. The highest BCUT2D eigenvalue weighted by atomic mass is 16.6. The van der Waals surface area contributed by atoms with Crippen molar-refractivity contribution in [2.24, 2.45) is 0 Å². The Labute approximate surface area is 114 Å². The van der Waals surface area contributed by atoms with E-state index in [0.717, 1.165) is 5.56 Å². The van der Waals surface area contributed by atoms with Gasteiger partial charge in [0.2, 0.25) is 0 Å². The lowest BCUT2D eigenvalue weighted by molar-refractivity contribution is 0.0542. The number of rotatable bonds is 4. The molecular weight excluding hydrogens is 242 g/mol. The molecule has 1 amide bonds. The van der Waals surface area contributed by atoms with Crippen LogP contribution in [0.3, 0.4) is 0 Å². The van der Waals surface area contributed by atoms with Crippen LogP contribution < -0.4 is 10.6 Å². The number of allylic oxidation sites excluding steroid dienone is 1. The van der Waals surface area contributed by atoms with E-state index in [1.807, 2.05) is 39.8 Å². The van der Waals surface area contributed by atoms with Crippen molar-refractivity contribution in [3.8, 4) is 0 Å². The SMILES string of the molecule is C/C=C(/NCc1cccnc1)NC(=O)OC(C)(C)C. The highest BCUT2D eigenvalue weighted by Gasteiger charge is 2.16. The molecule has 2 N–H and O–H groups in total. The molecule has 0 aliphatic heterocycles. The summed E-state index contributed by atoms with van der Waals surface area (Å²) in [6.45, 7) is 7.90. The predicted octanol–water partition coefficient (Wildman–Crippen LogP) is 2.56. The molecular formula is C14H21N3O2. The van der Waals surface area contributed by atoms with Gasteiger partial charge in [0.15, 0.2) is 0 Å². The van der Waals surface area contributed by atoms with Crippen LogP contribution in [-0.2, 0) is 11.3 Å². The number of amides is 1. The Morgan fingerprint density at radius 3 is 2.74 bits per heavy atom. The summed E-state index contributed by atoms with van der Waals surface area (Å²) in [5.74, 6) is 0.609. The van der Waals surface area contributed by atoms with Crippen LogP contribution in [0.1, 0.15) is 33.3 Å². The van der Waals surface area contributed by atoms with E-state index in [0.29, 0.717) is 12.4 Å². The van der Waals surface area contributed by atoms with Crippen molar-refractivity contribution in [2.75, 3.05) is 0 Å². The van der Waals surface area contributed by atoms with Crippen molar-refractivity contribution in [2.45, 2.75) is 39.8 Å². The molecule has 1 aromatic heterocycles. The number of carbonyl (C=O) groups is 1. The Bertz CT molecular complexity index is 436. The highest BCUT2D eigenvalue weighted by molar-refractivity contribution is 5.69. The average molecular weight is 263 g/mol. The van der Waals surface area contributed by atoms with Crippen LogP contribution in [0.25, 0.3) is 0 Å². The third-order valence-corrected chi connectivity index (χ3v) is 2.13. The van der Waals surface area contributed by atoms with Crippen LogP contribution >= 0.6 is 0 Å². The van der Waals surface area contributed by atoms with Crippen molar-refractivity contribution >= 4 is 6.09 Å². The first kappa shape index (κ1) is 15.0. The maximum absolute atomic E-state index is 11.6. The number of carbonyl (C=O) groups excluding carboxylic acids is 1. The van der Waals surface area contributed by atoms with Crippen molar-refractivity contribution in [3.05, 3.63) is 42.0 Å². The van der Waals surface area contributed by atoms with Crippen molar-refractivity contribution in [1.29, 1.82) is 0 Å². The predicted molar refractivity (Wildman–Crippen MR) is 74.2 cm³/mol. The molecule has 0 spiro atoms. The van der Waals surface area contributed by atoms with Crippen LogP contribution in [-0.4, -0.2) is 16.7 Å². The third-order valence-electron chi connectivity index (χ3n) is 2.13. The van der Waals surface area contributed by atoms with Crippen molar-refractivity contribution in [3.63, 3.8) is 0 Å². The molecule has 0 radical (unpaired) electrons. The summed E-state index contributed by atoms with van der Waals surface area (Å²) >= 11 is 0. The summed E-state index contributed by atoms with van der Waals surface area (Å²) in [6, 6.07) is 3.83. The fraction of sp³-hybridized carbons (Fsp3) is 0.429. The summed E-state index contributed by atoms with van der Waals surface area (Å²) in [6.07, 6.45) is 4.80. The fourth-order valence-electron chi connectivity index (χ4n) is 1.33. The smallest absolute Gasteiger partial charge is 0.413 e. The molecule has 0 saturated heterocycles. The lowest BCUT2D eigenvalue weighted by Crippen LogP contribution is -2.36. The van der Waals surface area contributed by atoms with Gasteiger partial charge >= 0.3 is 6.09 Å². The summed E-state index contributed by atoms with van der Waals surface area (Å²) < 4.78 is 5.18. The second-order valence-corrected chi connectivity index (χ2v) is 5.04. The molecule has 5 nitrogen and oxygen atoms in total. The maximum atomic E-state index is 11.6. The summed E-state index contributed by atoms with van der Waals surface area (Å²) in [7, 11) is 0. The fourth-order valence-corrected chi connectivity index (χ4v) is 1.33. The number of aromatic nitrogens is 1. The number of nitrogens with one attached hydrogen (secondary N) is 2. The van der Waals surface area contributed by atoms with E-state index in [2.05, 4.69) is 15.6 Å². The van der Waals surface area contributed by atoms with Gasteiger partial charge in [0.05, 0.1) is 0 Å². The lowest BCUT2D eigenvalue weighted by Gasteiger charge is -2.20. The summed E-state index contributed by atoms with van der Waals surface area (Å²) in [5.41, 5.74) is 0.527. The number of hydrogen-bond donors (Lipinski definition) is 2. The first-order chi connectivity index (χ1) is 8.90. The van der Waals surface area contributed by atoms with Gasteiger partial charge in [0, 0.05) is 18.9 Å². The first-order valence-corrected chi connectivity index (χ1v) is 6.20. The Kier molecular flexibility index (Phi) is 5.36. The molecule has 0 aliphatic rings. The molecule has 1 heterocycles. The maximum Gasteiger partial charge on any atom is 0.413 e. The quantitative estimate of drug-likeness (QED) is 0.876. The van der Waals surface area contributed by atoms with Crippen LogP contribution in [0, 0.1) is 0 Å². The van der Waals surface area contributed by atoms with Crippen LogP contribution in [0.5, 0.6) is 0 Å². The molecule has 0 unspecified atom stereocenters. The van der Waals surface area contributed by atoms with E-state index < -0.39 is 11.7 Å². The Balaban J connectivity index is 2.45. The monoisotopic (exact) mass is 263 g/mol. The molecule has 0 fully saturated rings. The molecule has 1 aromatic rings. The van der Waals surface area contributed by atoms with Gasteiger partial charge < -0.3 is 10.1 Å². The number of pyridine rings is 1. The van der Waals surface area contributed by atoms with Crippen LogP contribution in [0.15, 0.2) is 36.4 Å². The molecule has 0 bridgehead atoms. The van der Waals surface area contributed by atoms with Crippen molar-refractivity contribution in [1.82, 2.24) is 15.6 Å². The molecule has 0 aromatic carbocycles. The summed E-state index contributed by atoms with van der Waals surface area (Å²) in [5, 5.41) is 5.77. The van der Waals surface area contributed by atoms with Crippen molar-refractivity contribution < 1.29 is 9.53 Å². The zero-order valence-electron chi connectivity index (χ0n) is 11.9. The normalized spacial score (nSPS) is 11.9. The van der Waals surface area contributed by atoms with Crippen LogP contribution in [0.2, 0.25) is 0 Å². The minimum absolute atomic E-state index is 0.473.